The Balaban J connectivity index is 1.39. The molecule has 4 nitrogen and oxygen atoms in total. The van der Waals surface area contributed by atoms with Crippen molar-refractivity contribution in [3.05, 3.63) is 65.2 Å². The van der Waals surface area contributed by atoms with Gasteiger partial charge in [0.15, 0.2) is 0 Å². The van der Waals surface area contributed by atoms with Gasteiger partial charge in [-0.05, 0) is 67.1 Å². The third-order valence-electron chi connectivity index (χ3n) is 5.48. The van der Waals surface area contributed by atoms with Crippen molar-refractivity contribution in [2.75, 3.05) is 26.2 Å². The van der Waals surface area contributed by atoms with E-state index in [0.29, 0.717) is 18.7 Å². The number of piperidine rings is 1. The van der Waals surface area contributed by atoms with E-state index in [-0.39, 0.29) is 5.91 Å². The highest BCUT2D eigenvalue weighted by molar-refractivity contribution is 5.94. The molecule has 0 radical (unpaired) electrons. The van der Waals surface area contributed by atoms with Gasteiger partial charge in [-0.1, -0.05) is 44.5 Å². The quantitative estimate of drug-likeness (QED) is 0.628. The van der Waals surface area contributed by atoms with Crippen molar-refractivity contribution in [2.24, 2.45) is 5.92 Å². The molecule has 156 valence electrons. The highest BCUT2D eigenvalue weighted by Crippen LogP contribution is 2.18. The number of amides is 1. The molecule has 0 aliphatic carbocycles. The number of carbonyl (C=O) groups excluding carboxylic acids is 1. The van der Waals surface area contributed by atoms with Crippen LogP contribution in [-0.2, 0) is 13.0 Å². The minimum atomic E-state index is -0.0509. The molecule has 1 saturated heterocycles. The zero-order chi connectivity index (χ0) is 20.5. The molecule has 0 spiro atoms. The molecule has 1 unspecified atom stereocenters. The lowest BCUT2D eigenvalue weighted by Crippen LogP contribution is -2.33. The van der Waals surface area contributed by atoms with Crippen molar-refractivity contribution >= 4 is 5.91 Å². The lowest BCUT2D eigenvalue weighted by Gasteiger charge is -2.30. The number of benzene rings is 2. The van der Waals surface area contributed by atoms with Gasteiger partial charge in [0.2, 0.25) is 0 Å². The Morgan fingerprint density at radius 3 is 2.52 bits per heavy atom. The van der Waals surface area contributed by atoms with Crippen LogP contribution in [0, 0.1) is 5.92 Å². The number of hydrogen-bond donors (Lipinski definition) is 1. The van der Waals surface area contributed by atoms with E-state index >= 15 is 0 Å². The Bertz CT molecular complexity index is 755. The molecule has 1 N–H and O–H groups in total. The van der Waals surface area contributed by atoms with Crippen LogP contribution in [0.4, 0.5) is 0 Å². The Hall–Kier alpha value is -2.33. The van der Waals surface area contributed by atoms with E-state index in [9.17, 15) is 4.79 Å². The maximum atomic E-state index is 12.3. The molecule has 1 heterocycles. The van der Waals surface area contributed by atoms with Crippen LogP contribution in [-0.4, -0.2) is 37.0 Å². The Labute approximate surface area is 175 Å². The van der Waals surface area contributed by atoms with Gasteiger partial charge in [-0.25, -0.2) is 0 Å². The molecule has 1 amide bonds. The van der Waals surface area contributed by atoms with E-state index in [0.717, 1.165) is 31.1 Å². The third kappa shape index (κ3) is 6.90. The smallest absolute Gasteiger partial charge is 0.251 e. The van der Waals surface area contributed by atoms with E-state index in [1.807, 2.05) is 24.3 Å². The number of likely N-dealkylation sites (tertiary alicyclic amines) is 1. The summed E-state index contributed by atoms with van der Waals surface area (Å²) >= 11 is 0. The summed E-state index contributed by atoms with van der Waals surface area (Å²) in [7, 11) is 0. The molecule has 2 aromatic carbocycles. The Kier molecular flexibility index (Phi) is 8.12. The summed E-state index contributed by atoms with van der Waals surface area (Å²) in [6.07, 6.45) is 4.85. The van der Waals surface area contributed by atoms with Crippen LogP contribution in [0.3, 0.4) is 0 Å². The van der Waals surface area contributed by atoms with E-state index in [2.05, 4.69) is 48.3 Å². The molecule has 29 heavy (non-hydrogen) atoms. The lowest BCUT2D eigenvalue weighted by molar-refractivity contribution is 0.0947. The molecule has 4 heteroatoms. The maximum absolute atomic E-state index is 12.3. The summed E-state index contributed by atoms with van der Waals surface area (Å²) < 4.78 is 5.72. The molecule has 0 aromatic heterocycles. The standard InChI is InChI=1S/C25H34N2O2/c1-3-5-21-9-13-24(14-10-21)29-17-15-26-25(28)23-11-7-22(8-12-23)19-27-16-4-6-20(2)18-27/h7-14,20H,3-6,15-19H2,1-2H3,(H,26,28). The number of ether oxygens (including phenoxy) is 1. The van der Waals surface area contributed by atoms with Crippen LogP contribution in [0.15, 0.2) is 48.5 Å². The van der Waals surface area contributed by atoms with Crippen LogP contribution < -0.4 is 10.1 Å². The molecule has 3 rings (SSSR count). The normalized spacial score (nSPS) is 17.1. The second kappa shape index (κ2) is 11.0. The van der Waals surface area contributed by atoms with Crippen molar-refractivity contribution in [3.63, 3.8) is 0 Å². The summed E-state index contributed by atoms with van der Waals surface area (Å²) in [4.78, 5) is 14.8. The molecule has 1 aliphatic rings. The minimum Gasteiger partial charge on any atom is -0.492 e. The van der Waals surface area contributed by atoms with E-state index < -0.39 is 0 Å². The predicted octanol–water partition coefficient (Wildman–Crippen LogP) is 4.68. The second-order valence-corrected chi connectivity index (χ2v) is 8.18. The summed E-state index contributed by atoms with van der Waals surface area (Å²) in [5.74, 6) is 1.57. The number of aryl methyl sites for hydroxylation is 1. The first-order chi connectivity index (χ1) is 14.1. The highest BCUT2D eigenvalue weighted by Gasteiger charge is 2.16. The van der Waals surface area contributed by atoms with Gasteiger partial charge in [0.1, 0.15) is 12.4 Å². The first-order valence-electron chi connectivity index (χ1n) is 10.9. The van der Waals surface area contributed by atoms with Crippen molar-refractivity contribution in [3.8, 4) is 5.75 Å². The molecular weight excluding hydrogens is 360 g/mol. The Morgan fingerprint density at radius 1 is 1.10 bits per heavy atom. The minimum absolute atomic E-state index is 0.0509. The first kappa shape index (κ1) is 21.4. The fourth-order valence-corrected chi connectivity index (χ4v) is 3.93. The Morgan fingerprint density at radius 2 is 1.83 bits per heavy atom. The summed E-state index contributed by atoms with van der Waals surface area (Å²) in [5, 5.41) is 2.93. The molecule has 1 fully saturated rings. The number of carbonyl (C=O) groups is 1. The molecule has 1 aliphatic heterocycles. The molecular formula is C25H34N2O2. The number of nitrogens with one attached hydrogen (secondary N) is 1. The fourth-order valence-electron chi connectivity index (χ4n) is 3.93. The largest absolute Gasteiger partial charge is 0.492 e. The van der Waals surface area contributed by atoms with Gasteiger partial charge in [-0.15, -0.1) is 0 Å². The maximum Gasteiger partial charge on any atom is 0.251 e. The van der Waals surface area contributed by atoms with Crippen LogP contribution in [0.1, 0.15) is 54.6 Å². The monoisotopic (exact) mass is 394 g/mol. The van der Waals surface area contributed by atoms with Crippen LogP contribution in [0.25, 0.3) is 0 Å². The van der Waals surface area contributed by atoms with Gasteiger partial charge in [0.25, 0.3) is 5.91 Å². The number of rotatable bonds is 9. The molecule has 1 atom stereocenters. The average molecular weight is 395 g/mol. The molecule has 2 aromatic rings. The van der Waals surface area contributed by atoms with E-state index in [4.69, 9.17) is 4.74 Å². The van der Waals surface area contributed by atoms with Gasteiger partial charge in [0, 0.05) is 18.7 Å². The van der Waals surface area contributed by atoms with E-state index in [1.165, 1.54) is 37.1 Å². The van der Waals surface area contributed by atoms with Crippen molar-refractivity contribution < 1.29 is 9.53 Å². The van der Waals surface area contributed by atoms with Crippen molar-refractivity contribution in [2.45, 2.75) is 46.1 Å². The SMILES string of the molecule is CCCc1ccc(OCCNC(=O)c2ccc(CN3CCCC(C)C3)cc2)cc1. The lowest BCUT2D eigenvalue weighted by atomic mass is 9.99. The van der Waals surface area contributed by atoms with E-state index in [1.54, 1.807) is 0 Å². The first-order valence-corrected chi connectivity index (χ1v) is 10.9. The number of nitrogens with zero attached hydrogens (tertiary/aromatic N) is 1. The summed E-state index contributed by atoms with van der Waals surface area (Å²) in [5.41, 5.74) is 3.29. The third-order valence-corrected chi connectivity index (χ3v) is 5.48. The van der Waals surface area contributed by atoms with Crippen LogP contribution in [0.5, 0.6) is 5.75 Å². The zero-order valence-corrected chi connectivity index (χ0v) is 17.8. The van der Waals surface area contributed by atoms with Crippen molar-refractivity contribution in [1.82, 2.24) is 10.2 Å². The predicted molar refractivity (Wildman–Crippen MR) is 118 cm³/mol. The van der Waals surface area contributed by atoms with Gasteiger partial charge in [-0.3, -0.25) is 9.69 Å². The van der Waals surface area contributed by atoms with Gasteiger partial charge < -0.3 is 10.1 Å². The highest BCUT2D eigenvalue weighted by atomic mass is 16.5. The zero-order valence-electron chi connectivity index (χ0n) is 17.8. The topological polar surface area (TPSA) is 41.6 Å². The fraction of sp³-hybridized carbons (Fsp3) is 0.480. The van der Waals surface area contributed by atoms with Crippen LogP contribution >= 0.6 is 0 Å². The second-order valence-electron chi connectivity index (χ2n) is 8.18. The van der Waals surface area contributed by atoms with Gasteiger partial charge in [-0.2, -0.15) is 0 Å². The van der Waals surface area contributed by atoms with Gasteiger partial charge in [0.05, 0.1) is 6.54 Å². The average Bonchev–Trinajstić information content (AvgIpc) is 2.73. The number of hydrogen-bond acceptors (Lipinski definition) is 3. The molecule has 0 saturated carbocycles. The summed E-state index contributed by atoms with van der Waals surface area (Å²) in [6, 6.07) is 16.2. The molecule has 0 bridgehead atoms. The van der Waals surface area contributed by atoms with Gasteiger partial charge >= 0.3 is 0 Å². The van der Waals surface area contributed by atoms with Crippen LogP contribution in [0.2, 0.25) is 0 Å². The summed E-state index contributed by atoms with van der Waals surface area (Å²) in [6.45, 7) is 8.77. The van der Waals surface area contributed by atoms with Crippen molar-refractivity contribution in [1.29, 1.82) is 0 Å².